The van der Waals surface area contributed by atoms with Crippen molar-refractivity contribution in [3.8, 4) is 0 Å². The quantitative estimate of drug-likeness (QED) is 0.675. The Morgan fingerprint density at radius 3 is 2.65 bits per heavy atom. The van der Waals surface area contributed by atoms with Crippen LogP contribution in [0.2, 0.25) is 0 Å². The number of aromatic nitrogens is 2. The van der Waals surface area contributed by atoms with Crippen molar-refractivity contribution in [1.82, 2.24) is 4.57 Å². The van der Waals surface area contributed by atoms with Gasteiger partial charge in [-0.15, -0.1) is 0 Å². The smallest absolute Gasteiger partial charge is 0.356 e. The maximum absolute atomic E-state index is 11.2. The van der Waals surface area contributed by atoms with Crippen LogP contribution >= 0.6 is 0 Å². The van der Waals surface area contributed by atoms with Crippen LogP contribution in [0, 0.1) is 0 Å². The van der Waals surface area contributed by atoms with Crippen LogP contribution in [0.5, 0.6) is 0 Å². The molecule has 92 valence electrons. The SMILES string of the molecule is CCn1c(N)[n+](CC(C)=O)c2ccccc21.[Br-]. The molecule has 0 fully saturated rings. The molecule has 1 heterocycles. The molecular weight excluding hydrogens is 282 g/mol. The summed E-state index contributed by atoms with van der Waals surface area (Å²) in [6, 6.07) is 7.94. The van der Waals surface area contributed by atoms with Crippen LogP contribution in [0.25, 0.3) is 11.0 Å². The lowest BCUT2D eigenvalue weighted by Crippen LogP contribution is -3.00. The molecule has 0 spiro atoms. The number of hydrogen-bond donors (Lipinski definition) is 1. The van der Waals surface area contributed by atoms with E-state index in [0.29, 0.717) is 12.5 Å². The lowest BCUT2D eigenvalue weighted by Gasteiger charge is -1.97. The molecule has 0 bridgehead atoms. The van der Waals surface area contributed by atoms with E-state index in [4.69, 9.17) is 5.73 Å². The summed E-state index contributed by atoms with van der Waals surface area (Å²) in [6.07, 6.45) is 0. The zero-order valence-electron chi connectivity index (χ0n) is 9.98. The van der Waals surface area contributed by atoms with Crippen molar-refractivity contribution < 1.29 is 26.3 Å². The van der Waals surface area contributed by atoms with Crippen LogP contribution in [0.1, 0.15) is 13.8 Å². The molecule has 0 amide bonds. The first kappa shape index (κ1) is 13.7. The molecule has 4 nitrogen and oxygen atoms in total. The number of carbonyl (C=O) groups excluding carboxylic acids is 1. The van der Waals surface area contributed by atoms with E-state index in [1.807, 2.05) is 40.3 Å². The van der Waals surface area contributed by atoms with Gasteiger partial charge in [-0.1, -0.05) is 12.1 Å². The number of halogens is 1. The third kappa shape index (κ3) is 2.34. The number of nitrogens with zero attached hydrogens (tertiary/aromatic N) is 2. The van der Waals surface area contributed by atoms with Crippen molar-refractivity contribution in [1.29, 1.82) is 0 Å². The lowest BCUT2D eigenvalue weighted by atomic mass is 10.3. The Balaban J connectivity index is 0.00000144. The Bertz CT molecular complexity index is 548. The van der Waals surface area contributed by atoms with Gasteiger partial charge in [0.2, 0.25) is 0 Å². The number of imidazole rings is 1. The third-order valence-electron chi connectivity index (χ3n) is 2.71. The molecule has 0 atom stereocenters. The maximum Gasteiger partial charge on any atom is 0.356 e. The van der Waals surface area contributed by atoms with E-state index in [2.05, 4.69) is 0 Å². The average Bonchev–Trinajstić information content (AvgIpc) is 2.52. The van der Waals surface area contributed by atoms with Gasteiger partial charge in [-0.2, -0.15) is 0 Å². The van der Waals surface area contributed by atoms with Gasteiger partial charge in [-0.25, -0.2) is 9.13 Å². The molecule has 1 aromatic heterocycles. The van der Waals surface area contributed by atoms with E-state index >= 15 is 0 Å². The van der Waals surface area contributed by atoms with Crippen LogP contribution < -0.4 is 27.3 Å². The van der Waals surface area contributed by atoms with Crippen molar-refractivity contribution in [2.75, 3.05) is 5.73 Å². The fourth-order valence-electron chi connectivity index (χ4n) is 2.03. The Hall–Kier alpha value is -1.36. The van der Waals surface area contributed by atoms with Crippen molar-refractivity contribution in [3.63, 3.8) is 0 Å². The molecular formula is C12H16BrN3O. The molecule has 2 rings (SSSR count). The van der Waals surface area contributed by atoms with Crippen molar-refractivity contribution >= 4 is 22.8 Å². The van der Waals surface area contributed by atoms with E-state index in [9.17, 15) is 4.79 Å². The van der Waals surface area contributed by atoms with Gasteiger partial charge in [-0.3, -0.25) is 10.5 Å². The van der Waals surface area contributed by atoms with E-state index in [0.717, 1.165) is 17.6 Å². The van der Waals surface area contributed by atoms with Crippen LogP contribution in [0.3, 0.4) is 0 Å². The summed E-state index contributed by atoms with van der Waals surface area (Å²) in [6.45, 7) is 4.75. The number of hydrogen-bond acceptors (Lipinski definition) is 2. The number of Topliss-reactive ketones (excluding diaryl/α,β-unsaturated/α-hetero) is 1. The maximum atomic E-state index is 11.2. The zero-order chi connectivity index (χ0) is 11.7. The third-order valence-corrected chi connectivity index (χ3v) is 2.71. The summed E-state index contributed by atoms with van der Waals surface area (Å²) < 4.78 is 3.87. The second kappa shape index (κ2) is 5.31. The molecule has 0 unspecified atom stereocenters. The number of benzene rings is 1. The highest BCUT2D eigenvalue weighted by Gasteiger charge is 2.19. The van der Waals surface area contributed by atoms with Gasteiger partial charge in [0.25, 0.3) is 0 Å². The monoisotopic (exact) mass is 297 g/mol. The predicted octanol–water partition coefficient (Wildman–Crippen LogP) is -1.88. The highest BCUT2D eigenvalue weighted by molar-refractivity contribution is 5.77. The zero-order valence-corrected chi connectivity index (χ0v) is 11.6. The Morgan fingerprint density at radius 1 is 1.41 bits per heavy atom. The normalized spacial score (nSPS) is 10.2. The van der Waals surface area contributed by atoms with Gasteiger partial charge in [0, 0.05) is 0 Å². The summed E-state index contributed by atoms with van der Waals surface area (Å²) in [5.41, 5.74) is 8.13. The van der Waals surface area contributed by atoms with Gasteiger partial charge < -0.3 is 17.0 Å². The average molecular weight is 298 g/mol. The molecule has 5 heteroatoms. The highest BCUT2D eigenvalue weighted by atomic mass is 79.9. The van der Waals surface area contributed by atoms with Gasteiger partial charge in [0.05, 0.1) is 6.54 Å². The van der Waals surface area contributed by atoms with Crippen LogP contribution in [-0.4, -0.2) is 10.4 Å². The second-order valence-corrected chi connectivity index (χ2v) is 3.88. The number of nitrogen functional groups attached to an aromatic ring is 1. The molecule has 17 heavy (non-hydrogen) atoms. The lowest BCUT2D eigenvalue weighted by molar-refractivity contribution is -0.644. The molecule has 2 N–H and O–H groups in total. The first-order valence-corrected chi connectivity index (χ1v) is 5.41. The van der Waals surface area contributed by atoms with Gasteiger partial charge in [0.1, 0.15) is 17.6 Å². The minimum absolute atomic E-state index is 0. The van der Waals surface area contributed by atoms with Crippen LogP contribution in [0.15, 0.2) is 24.3 Å². The van der Waals surface area contributed by atoms with Gasteiger partial charge in [-0.05, 0) is 26.0 Å². The van der Waals surface area contributed by atoms with Gasteiger partial charge in [0.15, 0.2) is 5.78 Å². The molecule has 0 aliphatic heterocycles. The molecule has 1 aromatic carbocycles. The molecule has 0 radical (unpaired) electrons. The number of carbonyl (C=O) groups is 1. The van der Waals surface area contributed by atoms with E-state index in [-0.39, 0.29) is 22.8 Å². The number of aryl methyl sites for hydroxylation is 1. The second-order valence-electron chi connectivity index (χ2n) is 3.88. The molecule has 0 saturated carbocycles. The number of nitrogens with two attached hydrogens (primary N) is 1. The van der Waals surface area contributed by atoms with E-state index < -0.39 is 0 Å². The number of para-hydroxylation sites is 2. The fourth-order valence-corrected chi connectivity index (χ4v) is 2.03. The minimum atomic E-state index is 0. The summed E-state index contributed by atoms with van der Waals surface area (Å²) in [5, 5.41) is 0. The Labute approximate surface area is 111 Å². The van der Waals surface area contributed by atoms with Crippen molar-refractivity contribution in [3.05, 3.63) is 24.3 Å². The first-order valence-electron chi connectivity index (χ1n) is 5.41. The van der Waals surface area contributed by atoms with Gasteiger partial charge >= 0.3 is 5.95 Å². The number of ketones is 1. The number of rotatable bonds is 3. The molecule has 0 saturated heterocycles. The predicted molar refractivity (Wildman–Crippen MR) is 62.9 cm³/mol. The Morgan fingerprint density at radius 2 is 2.06 bits per heavy atom. The van der Waals surface area contributed by atoms with Crippen molar-refractivity contribution in [2.24, 2.45) is 0 Å². The summed E-state index contributed by atoms with van der Waals surface area (Å²) in [5.74, 6) is 0.745. The summed E-state index contributed by atoms with van der Waals surface area (Å²) >= 11 is 0. The van der Waals surface area contributed by atoms with Crippen molar-refractivity contribution in [2.45, 2.75) is 26.9 Å². The standard InChI is InChI=1S/C12H15N3O.BrH/c1-3-14-10-6-4-5-7-11(10)15(12(14)13)8-9(2)16;/h4-7,13H,3,8H2,1-2H3;1H. The van der Waals surface area contributed by atoms with E-state index in [1.165, 1.54) is 0 Å². The number of fused-ring (bicyclic) bond motifs is 1. The summed E-state index contributed by atoms with van der Waals surface area (Å²) in [7, 11) is 0. The van der Waals surface area contributed by atoms with Crippen LogP contribution in [-0.2, 0) is 17.9 Å². The highest BCUT2D eigenvalue weighted by Crippen LogP contribution is 2.15. The number of anilines is 1. The minimum Gasteiger partial charge on any atom is -1.00 e. The van der Waals surface area contributed by atoms with E-state index in [1.54, 1.807) is 6.92 Å². The largest absolute Gasteiger partial charge is 1.00 e. The summed E-state index contributed by atoms with van der Waals surface area (Å²) in [4.78, 5) is 11.2. The molecule has 0 aliphatic carbocycles. The Kier molecular flexibility index (Phi) is 4.28. The topological polar surface area (TPSA) is 51.9 Å². The first-order chi connectivity index (χ1) is 7.65. The molecule has 2 aromatic rings. The fraction of sp³-hybridized carbons (Fsp3) is 0.333. The van der Waals surface area contributed by atoms with Crippen LogP contribution in [0.4, 0.5) is 5.95 Å². The molecule has 0 aliphatic rings.